The number of rotatable bonds is 2. The van der Waals surface area contributed by atoms with Crippen LogP contribution in [0.5, 0.6) is 0 Å². The molecule has 0 spiro atoms. The molecule has 1 fully saturated rings. The van der Waals surface area contributed by atoms with Gasteiger partial charge in [-0.2, -0.15) is 0 Å². The summed E-state index contributed by atoms with van der Waals surface area (Å²) in [6.45, 7) is 1.28. The molecule has 1 atom stereocenters. The van der Waals surface area contributed by atoms with E-state index in [4.69, 9.17) is 5.73 Å². The number of anilines is 1. The smallest absolute Gasteiger partial charge is 0.227 e. The van der Waals surface area contributed by atoms with Gasteiger partial charge in [0.2, 0.25) is 5.91 Å². The Morgan fingerprint density at radius 2 is 2.28 bits per heavy atom. The molecule has 1 aromatic heterocycles. The zero-order valence-electron chi connectivity index (χ0n) is 10.0. The van der Waals surface area contributed by atoms with Gasteiger partial charge in [-0.1, -0.05) is 12.1 Å². The summed E-state index contributed by atoms with van der Waals surface area (Å²) in [5, 5.41) is 2.12. The number of amides is 1. The van der Waals surface area contributed by atoms with Gasteiger partial charge in [0, 0.05) is 36.1 Å². The Morgan fingerprint density at radius 3 is 3.06 bits per heavy atom. The van der Waals surface area contributed by atoms with Gasteiger partial charge < -0.3 is 10.6 Å². The minimum absolute atomic E-state index is 0.162. The van der Waals surface area contributed by atoms with Crippen molar-refractivity contribution in [2.45, 2.75) is 6.42 Å². The fourth-order valence-electron chi connectivity index (χ4n) is 2.51. The fourth-order valence-corrected chi connectivity index (χ4v) is 2.51. The van der Waals surface area contributed by atoms with E-state index in [1.807, 2.05) is 35.4 Å². The van der Waals surface area contributed by atoms with Crippen LogP contribution in [0.2, 0.25) is 0 Å². The molecular formula is C14H15N3O. The molecule has 2 N–H and O–H groups in total. The van der Waals surface area contributed by atoms with E-state index in [-0.39, 0.29) is 11.8 Å². The average Bonchev–Trinajstić information content (AvgIpc) is 2.79. The van der Waals surface area contributed by atoms with Gasteiger partial charge in [-0.3, -0.25) is 9.78 Å². The molecule has 0 radical (unpaired) electrons. The van der Waals surface area contributed by atoms with Crippen molar-refractivity contribution in [3.63, 3.8) is 0 Å². The third-order valence-corrected chi connectivity index (χ3v) is 3.49. The summed E-state index contributed by atoms with van der Waals surface area (Å²) in [6.07, 6.45) is 4.13. The van der Waals surface area contributed by atoms with Crippen LogP contribution in [0.3, 0.4) is 0 Å². The third kappa shape index (κ3) is 1.75. The summed E-state index contributed by atoms with van der Waals surface area (Å²) < 4.78 is 0. The minimum Gasteiger partial charge on any atom is -0.330 e. The van der Waals surface area contributed by atoms with Crippen LogP contribution in [0.15, 0.2) is 36.7 Å². The average molecular weight is 241 g/mol. The van der Waals surface area contributed by atoms with E-state index in [9.17, 15) is 4.79 Å². The van der Waals surface area contributed by atoms with Gasteiger partial charge in [-0.15, -0.1) is 0 Å². The van der Waals surface area contributed by atoms with Gasteiger partial charge in [0.1, 0.15) is 0 Å². The molecule has 1 amide bonds. The van der Waals surface area contributed by atoms with Gasteiger partial charge in [0.25, 0.3) is 0 Å². The summed E-state index contributed by atoms with van der Waals surface area (Å²) >= 11 is 0. The van der Waals surface area contributed by atoms with Crippen molar-refractivity contribution in [1.82, 2.24) is 4.98 Å². The van der Waals surface area contributed by atoms with Crippen molar-refractivity contribution in [2.75, 3.05) is 18.0 Å². The van der Waals surface area contributed by atoms with Crippen molar-refractivity contribution in [2.24, 2.45) is 11.7 Å². The first-order valence-corrected chi connectivity index (χ1v) is 6.13. The molecule has 1 aliphatic heterocycles. The number of pyridine rings is 1. The zero-order valence-corrected chi connectivity index (χ0v) is 10.0. The molecule has 4 nitrogen and oxygen atoms in total. The largest absolute Gasteiger partial charge is 0.330 e. The van der Waals surface area contributed by atoms with E-state index >= 15 is 0 Å². The number of hydrogen-bond donors (Lipinski definition) is 1. The second kappa shape index (κ2) is 4.38. The Labute approximate surface area is 105 Å². The summed E-state index contributed by atoms with van der Waals surface area (Å²) in [5.74, 6) is 0.435. The molecule has 1 aromatic carbocycles. The Hall–Kier alpha value is -1.94. The minimum atomic E-state index is 0.162. The highest BCUT2D eigenvalue weighted by molar-refractivity contribution is 6.04. The van der Waals surface area contributed by atoms with E-state index in [0.717, 1.165) is 23.0 Å². The lowest BCUT2D eigenvalue weighted by molar-refractivity contribution is -0.117. The van der Waals surface area contributed by atoms with Crippen molar-refractivity contribution in [1.29, 1.82) is 0 Å². The SMILES string of the molecule is NCC1CC(=O)N(c2cccc3cnccc23)C1. The van der Waals surface area contributed by atoms with Gasteiger partial charge in [-0.05, 0) is 24.6 Å². The first kappa shape index (κ1) is 11.2. The molecule has 0 saturated carbocycles. The van der Waals surface area contributed by atoms with E-state index in [1.165, 1.54) is 0 Å². The van der Waals surface area contributed by atoms with Gasteiger partial charge in [0.05, 0.1) is 5.69 Å². The Bertz CT molecular complexity index is 591. The lowest BCUT2D eigenvalue weighted by atomic mass is 10.1. The number of aromatic nitrogens is 1. The van der Waals surface area contributed by atoms with Crippen LogP contribution in [-0.4, -0.2) is 24.0 Å². The van der Waals surface area contributed by atoms with Crippen LogP contribution in [0, 0.1) is 5.92 Å². The monoisotopic (exact) mass is 241 g/mol. The van der Waals surface area contributed by atoms with Crippen molar-refractivity contribution in [3.05, 3.63) is 36.7 Å². The van der Waals surface area contributed by atoms with Crippen LogP contribution in [-0.2, 0) is 4.79 Å². The summed E-state index contributed by atoms with van der Waals surface area (Å²) in [6, 6.07) is 7.90. The normalized spacial score (nSPS) is 19.7. The second-order valence-corrected chi connectivity index (χ2v) is 4.68. The van der Waals surface area contributed by atoms with Crippen LogP contribution < -0.4 is 10.6 Å². The van der Waals surface area contributed by atoms with Crippen molar-refractivity contribution < 1.29 is 4.79 Å². The topological polar surface area (TPSA) is 59.2 Å². The molecule has 3 rings (SSSR count). The summed E-state index contributed by atoms with van der Waals surface area (Å²) in [7, 11) is 0. The molecule has 1 aliphatic rings. The van der Waals surface area contributed by atoms with E-state index in [2.05, 4.69) is 4.98 Å². The number of carbonyl (C=O) groups is 1. The lowest BCUT2D eigenvalue weighted by Crippen LogP contribution is -2.25. The summed E-state index contributed by atoms with van der Waals surface area (Å²) in [4.78, 5) is 18.0. The number of carbonyl (C=O) groups excluding carboxylic acids is 1. The highest BCUT2D eigenvalue weighted by Gasteiger charge is 2.30. The lowest BCUT2D eigenvalue weighted by Gasteiger charge is -2.18. The molecule has 18 heavy (non-hydrogen) atoms. The molecule has 2 aromatic rings. The number of benzene rings is 1. The summed E-state index contributed by atoms with van der Waals surface area (Å²) in [5.41, 5.74) is 6.63. The number of nitrogens with zero attached hydrogens (tertiary/aromatic N) is 2. The van der Waals surface area contributed by atoms with E-state index in [0.29, 0.717) is 13.0 Å². The fraction of sp³-hybridized carbons (Fsp3) is 0.286. The Morgan fingerprint density at radius 1 is 1.39 bits per heavy atom. The zero-order chi connectivity index (χ0) is 12.5. The highest BCUT2D eigenvalue weighted by atomic mass is 16.2. The van der Waals surface area contributed by atoms with Crippen LogP contribution >= 0.6 is 0 Å². The van der Waals surface area contributed by atoms with Gasteiger partial charge in [-0.25, -0.2) is 0 Å². The van der Waals surface area contributed by atoms with Crippen molar-refractivity contribution in [3.8, 4) is 0 Å². The van der Waals surface area contributed by atoms with E-state index < -0.39 is 0 Å². The molecule has 1 saturated heterocycles. The predicted octanol–water partition coefficient (Wildman–Crippen LogP) is 1.55. The van der Waals surface area contributed by atoms with Gasteiger partial charge in [0.15, 0.2) is 0 Å². The molecule has 4 heteroatoms. The molecule has 1 unspecified atom stereocenters. The Balaban J connectivity index is 2.07. The predicted molar refractivity (Wildman–Crippen MR) is 71.3 cm³/mol. The van der Waals surface area contributed by atoms with Crippen LogP contribution in [0.25, 0.3) is 10.8 Å². The maximum atomic E-state index is 12.0. The molecular weight excluding hydrogens is 226 g/mol. The standard InChI is InChI=1S/C14H15N3O/c15-7-10-6-14(18)17(9-10)13-3-1-2-11-8-16-5-4-12(11)13/h1-5,8,10H,6-7,9,15H2. The third-order valence-electron chi connectivity index (χ3n) is 3.49. The molecule has 2 heterocycles. The van der Waals surface area contributed by atoms with Gasteiger partial charge >= 0.3 is 0 Å². The quantitative estimate of drug-likeness (QED) is 0.867. The first-order valence-electron chi connectivity index (χ1n) is 6.13. The molecule has 0 bridgehead atoms. The maximum absolute atomic E-state index is 12.0. The molecule has 0 aliphatic carbocycles. The molecule has 92 valence electrons. The number of nitrogens with two attached hydrogens (primary N) is 1. The Kier molecular flexibility index (Phi) is 2.72. The number of hydrogen-bond acceptors (Lipinski definition) is 3. The highest BCUT2D eigenvalue weighted by Crippen LogP contribution is 2.30. The maximum Gasteiger partial charge on any atom is 0.227 e. The second-order valence-electron chi connectivity index (χ2n) is 4.68. The van der Waals surface area contributed by atoms with Crippen LogP contribution in [0.4, 0.5) is 5.69 Å². The first-order chi connectivity index (χ1) is 8.79. The van der Waals surface area contributed by atoms with E-state index in [1.54, 1.807) is 6.20 Å². The van der Waals surface area contributed by atoms with Crippen molar-refractivity contribution >= 4 is 22.4 Å². The van der Waals surface area contributed by atoms with Crippen LogP contribution in [0.1, 0.15) is 6.42 Å². The number of fused-ring (bicyclic) bond motifs is 1.